The summed E-state index contributed by atoms with van der Waals surface area (Å²) in [5, 5.41) is 3.18. The normalized spacial score (nSPS) is 14.8. The molecule has 1 fully saturated rings. The molecule has 0 bridgehead atoms. The Labute approximate surface area is 95.4 Å². The van der Waals surface area contributed by atoms with E-state index >= 15 is 0 Å². The van der Waals surface area contributed by atoms with Gasteiger partial charge in [0.25, 0.3) is 0 Å². The smallest absolute Gasteiger partial charge is 0.142 e. The van der Waals surface area contributed by atoms with E-state index in [9.17, 15) is 0 Å². The van der Waals surface area contributed by atoms with E-state index in [4.69, 9.17) is 10.6 Å². The van der Waals surface area contributed by atoms with Crippen LogP contribution in [-0.2, 0) is 4.74 Å². The molecule has 4 N–H and O–H groups in total. The lowest BCUT2D eigenvalue weighted by molar-refractivity contribution is 0.134. The predicted octanol–water partition coefficient (Wildman–Crippen LogP) is 1.21. The Morgan fingerprint density at radius 1 is 1.38 bits per heavy atom. The number of rotatable bonds is 7. The molecule has 0 unspecified atom stereocenters. The van der Waals surface area contributed by atoms with Crippen LogP contribution in [-0.4, -0.2) is 24.7 Å². The summed E-state index contributed by atoms with van der Waals surface area (Å²) in [5.41, 5.74) is 2.51. The zero-order valence-electron chi connectivity index (χ0n) is 9.28. The van der Waals surface area contributed by atoms with E-state index in [-0.39, 0.29) is 0 Å². The van der Waals surface area contributed by atoms with Gasteiger partial charge in [0.15, 0.2) is 0 Å². The fraction of sp³-hybridized carbons (Fsp3) is 0.545. The third-order valence-corrected chi connectivity index (χ3v) is 2.50. The molecule has 1 aliphatic carbocycles. The third-order valence-electron chi connectivity index (χ3n) is 2.50. The zero-order valence-corrected chi connectivity index (χ0v) is 9.28. The highest BCUT2D eigenvalue weighted by Crippen LogP contribution is 2.28. The third kappa shape index (κ3) is 3.67. The number of aromatic nitrogens is 1. The zero-order chi connectivity index (χ0) is 11.2. The molecular weight excluding hydrogens is 204 g/mol. The number of hydrazine groups is 1. The summed E-state index contributed by atoms with van der Waals surface area (Å²) in [6.45, 7) is 2.39. The Bertz CT molecular complexity index is 328. The first-order valence-electron chi connectivity index (χ1n) is 5.64. The maximum atomic E-state index is 5.51. The molecule has 1 aliphatic rings. The Morgan fingerprint density at radius 3 is 2.94 bits per heavy atom. The second kappa shape index (κ2) is 5.67. The first-order chi connectivity index (χ1) is 7.88. The van der Waals surface area contributed by atoms with Crippen molar-refractivity contribution in [2.75, 3.05) is 30.5 Å². The summed E-state index contributed by atoms with van der Waals surface area (Å²) in [6, 6.07) is 5.62. The molecule has 0 amide bonds. The second-order valence-corrected chi connectivity index (χ2v) is 4.00. The molecule has 88 valence electrons. The summed E-state index contributed by atoms with van der Waals surface area (Å²) in [4.78, 5) is 4.23. The fourth-order valence-corrected chi connectivity index (χ4v) is 1.40. The summed E-state index contributed by atoms with van der Waals surface area (Å²) in [6.07, 6.45) is 2.67. The van der Waals surface area contributed by atoms with Crippen LogP contribution in [0.25, 0.3) is 0 Å². The summed E-state index contributed by atoms with van der Waals surface area (Å²) in [5.74, 6) is 7.56. The molecule has 0 radical (unpaired) electrons. The minimum Gasteiger partial charge on any atom is -0.379 e. The first kappa shape index (κ1) is 11.2. The van der Waals surface area contributed by atoms with Crippen LogP contribution in [0.2, 0.25) is 0 Å². The predicted molar refractivity (Wildman–Crippen MR) is 64.1 cm³/mol. The van der Waals surface area contributed by atoms with Gasteiger partial charge in [-0.1, -0.05) is 6.07 Å². The van der Waals surface area contributed by atoms with Crippen LogP contribution in [0, 0.1) is 5.92 Å². The van der Waals surface area contributed by atoms with Gasteiger partial charge >= 0.3 is 0 Å². The van der Waals surface area contributed by atoms with Crippen molar-refractivity contribution in [1.82, 2.24) is 4.98 Å². The van der Waals surface area contributed by atoms with Gasteiger partial charge in [-0.3, -0.25) is 0 Å². The standard InChI is InChI=1S/C11H18N4O/c12-15-11-3-1-2-10(14-11)13-6-7-16-8-9-4-5-9/h1-3,9H,4-8,12H2,(H2,13,14,15). The van der Waals surface area contributed by atoms with Gasteiger partial charge in [0, 0.05) is 13.2 Å². The molecule has 2 rings (SSSR count). The Morgan fingerprint density at radius 2 is 2.19 bits per heavy atom. The van der Waals surface area contributed by atoms with E-state index < -0.39 is 0 Å². The molecule has 0 aromatic carbocycles. The highest BCUT2D eigenvalue weighted by molar-refractivity contribution is 5.44. The summed E-state index contributed by atoms with van der Waals surface area (Å²) < 4.78 is 5.51. The molecule has 0 aliphatic heterocycles. The van der Waals surface area contributed by atoms with Crippen molar-refractivity contribution in [3.8, 4) is 0 Å². The average Bonchev–Trinajstić information content (AvgIpc) is 3.13. The summed E-state index contributed by atoms with van der Waals surface area (Å²) >= 11 is 0. The van der Waals surface area contributed by atoms with Crippen molar-refractivity contribution in [2.45, 2.75) is 12.8 Å². The fourth-order valence-electron chi connectivity index (χ4n) is 1.40. The molecular formula is C11H18N4O. The maximum absolute atomic E-state index is 5.51. The highest BCUT2D eigenvalue weighted by Gasteiger charge is 2.20. The molecule has 1 saturated carbocycles. The first-order valence-corrected chi connectivity index (χ1v) is 5.64. The molecule has 1 aromatic rings. The monoisotopic (exact) mass is 222 g/mol. The molecule has 5 heteroatoms. The number of nitrogens with zero attached hydrogens (tertiary/aromatic N) is 1. The average molecular weight is 222 g/mol. The van der Waals surface area contributed by atoms with E-state index in [1.807, 2.05) is 18.2 Å². The lowest BCUT2D eigenvalue weighted by Gasteiger charge is -2.07. The number of hydrogen-bond acceptors (Lipinski definition) is 5. The molecule has 0 spiro atoms. The van der Waals surface area contributed by atoms with Crippen LogP contribution in [0.3, 0.4) is 0 Å². The summed E-state index contributed by atoms with van der Waals surface area (Å²) in [7, 11) is 0. The van der Waals surface area contributed by atoms with Crippen molar-refractivity contribution in [2.24, 2.45) is 11.8 Å². The van der Waals surface area contributed by atoms with Gasteiger partial charge < -0.3 is 15.5 Å². The van der Waals surface area contributed by atoms with Crippen molar-refractivity contribution >= 4 is 11.6 Å². The molecule has 0 atom stereocenters. The Kier molecular flexibility index (Phi) is 3.96. The number of nitrogens with two attached hydrogens (primary N) is 1. The van der Waals surface area contributed by atoms with E-state index in [1.165, 1.54) is 12.8 Å². The van der Waals surface area contributed by atoms with E-state index in [0.29, 0.717) is 5.82 Å². The van der Waals surface area contributed by atoms with Crippen molar-refractivity contribution in [3.05, 3.63) is 18.2 Å². The number of anilines is 2. The molecule has 0 saturated heterocycles. The number of hydrogen-bond donors (Lipinski definition) is 3. The van der Waals surface area contributed by atoms with E-state index in [2.05, 4.69) is 15.7 Å². The molecule has 5 nitrogen and oxygen atoms in total. The minimum atomic E-state index is 0.656. The second-order valence-electron chi connectivity index (χ2n) is 4.00. The maximum Gasteiger partial charge on any atom is 0.142 e. The minimum absolute atomic E-state index is 0.656. The topological polar surface area (TPSA) is 72.2 Å². The Hall–Kier alpha value is -1.33. The number of nitrogens with one attached hydrogen (secondary N) is 2. The largest absolute Gasteiger partial charge is 0.379 e. The van der Waals surface area contributed by atoms with Crippen LogP contribution in [0.1, 0.15) is 12.8 Å². The van der Waals surface area contributed by atoms with Gasteiger partial charge in [0.05, 0.1) is 6.61 Å². The van der Waals surface area contributed by atoms with Gasteiger partial charge in [0.1, 0.15) is 11.6 Å². The molecule has 1 heterocycles. The number of pyridine rings is 1. The van der Waals surface area contributed by atoms with Crippen LogP contribution >= 0.6 is 0 Å². The van der Waals surface area contributed by atoms with Crippen LogP contribution in [0.5, 0.6) is 0 Å². The lowest BCUT2D eigenvalue weighted by Crippen LogP contribution is -2.13. The van der Waals surface area contributed by atoms with E-state index in [1.54, 1.807) is 0 Å². The van der Waals surface area contributed by atoms with Gasteiger partial charge in [-0.25, -0.2) is 10.8 Å². The SMILES string of the molecule is NNc1cccc(NCCOCC2CC2)n1. The highest BCUT2D eigenvalue weighted by atomic mass is 16.5. The van der Waals surface area contributed by atoms with Crippen molar-refractivity contribution < 1.29 is 4.74 Å². The van der Waals surface area contributed by atoms with Gasteiger partial charge in [-0.2, -0.15) is 0 Å². The van der Waals surface area contributed by atoms with Gasteiger partial charge in [-0.15, -0.1) is 0 Å². The van der Waals surface area contributed by atoms with Crippen LogP contribution in [0.15, 0.2) is 18.2 Å². The quantitative estimate of drug-likeness (QED) is 0.367. The van der Waals surface area contributed by atoms with Gasteiger partial charge in [-0.05, 0) is 30.9 Å². The number of nitrogen functional groups attached to an aromatic ring is 1. The van der Waals surface area contributed by atoms with Crippen LogP contribution in [0.4, 0.5) is 11.6 Å². The number of ether oxygens (including phenoxy) is 1. The molecule has 16 heavy (non-hydrogen) atoms. The van der Waals surface area contributed by atoms with Gasteiger partial charge in [0.2, 0.25) is 0 Å². The van der Waals surface area contributed by atoms with Crippen LogP contribution < -0.4 is 16.6 Å². The lowest BCUT2D eigenvalue weighted by atomic mass is 10.4. The van der Waals surface area contributed by atoms with E-state index in [0.717, 1.165) is 31.5 Å². The molecule has 1 aromatic heterocycles. The van der Waals surface area contributed by atoms with Crippen molar-refractivity contribution in [3.63, 3.8) is 0 Å². The Balaban J connectivity index is 1.63. The van der Waals surface area contributed by atoms with Crippen molar-refractivity contribution in [1.29, 1.82) is 0 Å².